The van der Waals surface area contributed by atoms with E-state index in [1.54, 1.807) is 0 Å². The lowest BCUT2D eigenvalue weighted by atomic mass is 10.1. The summed E-state index contributed by atoms with van der Waals surface area (Å²) in [5, 5.41) is 6.06. The van der Waals surface area contributed by atoms with Crippen LogP contribution in [0.5, 0.6) is 0 Å². The van der Waals surface area contributed by atoms with Gasteiger partial charge in [-0.15, -0.1) is 0 Å². The fourth-order valence-electron chi connectivity index (χ4n) is 1.83. The molecule has 14 heavy (non-hydrogen) atoms. The molecule has 1 aliphatic rings. The summed E-state index contributed by atoms with van der Waals surface area (Å²) < 4.78 is 0. The highest BCUT2D eigenvalue weighted by atomic mass is 16.1. The molecule has 0 aromatic rings. The summed E-state index contributed by atoms with van der Waals surface area (Å²) in [6.45, 7) is 5.34. The zero-order chi connectivity index (χ0) is 10.4. The summed E-state index contributed by atoms with van der Waals surface area (Å²) in [7, 11) is 2.12. The average molecular weight is 199 g/mol. The Hall–Kier alpha value is -0.610. The molecule has 0 bridgehead atoms. The highest BCUT2D eigenvalue weighted by Crippen LogP contribution is 2.07. The first kappa shape index (κ1) is 11.5. The number of likely N-dealkylation sites (tertiary alicyclic amines) is 1. The van der Waals surface area contributed by atoms with Gasteiger partial charge in [0.1, 0.15) is 0 Å². The van der Waals surface area contributed by atoms with Crippen molar-refractivity contribution >= 4 is 5.91 Å². The highest BCUT2D eigenvalue weighted by molar-refractivity contribution is 5.77. The first-order valence-electron chi connectivity index (χ1n) is 5.41. The Kier molecular flexibility index (Phi) is 4.90. The van der Waals surface area contributed by atoms with E-state index in [0.29, 0.717) is 19.1 Å². The van der Waals surface area contributed by atoms with Crippen LogP contribution in [-0.2, 0) is 4.79 Å². The zero-order valence-electron chi connectivity index (χ0n) is 9.18. The summed E-state index contributed by atoms with van der Waals surface area (Å²) >= 11 is 0. The van der Waals surface area contributed by atoms with Crippen LogP contribution in [-0.4, -0.2) is 50.1 Å². The first-order valence-corrected chi connectivity index (χ1v) is 5.41. The van der Waals surface area contributed by atoms with Gasteiger partial charge in [-0.1, -0.05) is 0 Å². The molecule has 1 fully saturated rings. The normalized spacial score (nSPS) is 23.4. The Morgan fingerprint density at radius 2 is 2.36 bits per heavy atom. The second-order valence-corrected chi connectivity index (χ2v) is 3.94. The molecular weight excluding hydrogens is 178 g/mol. The standard InChI is InChI=1S/C10H21N3O/c1-3-11-10(14)7-12-9-5-4-6-13(2)8-9/h9,12H,3-8H2,1-2H3,(H,11,14). The van der Waals surface area contributed by atoms with Crippen molar-refractivity contribution in [2.45, 2.75) is 25.8 Å². The van der Waals surface area contributed by atoms with Gasteiger partial charge in [-0.3, -0.25) is 4.79 Å². The second kappa shape index (κ2) is 5.98. The molecule has 1 unspecified atom stereocenters. The third-order valence-electron chi connectivity index (χ3n) is 2.55. The number of amides is 1. The van der Waals surface area contributed by atoms with E-state index in [4.69, 9.17) is 0 Å². The van der Waals surface area contributed by atoms with Gasteiger partial charge in [0.25, 0.3) is 0 Å². The van der Waals surface area contributed by atoms with Gasteiger partial charge in [0.2, 0.25) is 5.91 Å². The third kappa shape index (κ3) is 4.07. The lowest BCUT2D eigenvalue weighted by molar-refractivity contribution is -0.120. The number of hydrogen-bond acceptors (Lipinski definition) is 3. The van der Waals surface area contributed by atoms with Crippen LogP contribution in [0.4, 0.5) is 0 Å². The maximum atomic E-state index is 11.2. The molecule has 4 heteroatoms. The van der Waals surface area contributed by atoms with Gasteiger partial charge in [-0.25, -0.2) is 0 Å². The molecule has 1 rings (SSSR count). The minimum Gasteiger partial charge on any atom is -0.355 e. The summed E-state index contributed by atoms with van der Waals surface area (Å²) in [5.41, 5.74) is 0. The van der Waals surface area contributed by atoms with Crippen LogP contribution >= 0.6 is 0 Å². The van der Waals surface area contributed by atoms with E-state index in [-0.39, 0.29) is 5.91 Å². The van der Waals surface area contributed by atoms with Crippen LogP contribution in [0.2, 0.25) is 0 Å². The monoisotopic (exact) mass is 199 g/mol. The molecule has 1 saturated heterocycles. The molecule has 0 saturated carbocycles. The Morgan fingerprint density at radius 3 is 3.00 bits per heavy atom. The molecule has 1 amide bonds. The maximum Gasteiger partial charge on any atom is 0.233 e. The summed E-state index contributed by atoms with van der Waals surface area (Å²) in [6.07, 6.45) is 2.41. The Morgan fingerprint density at radius 1 is 1.57 bits per heavy atom. The summed E-state index contributed by atoms with van der Waals surface area (Å²) in [5.74, 6) is 0.0979. The van der Waals surface area contributed by atoms with Crippen LogP contribution in [0.15, 0.2) is 0 Å². The molecular formula is C10H21N3O. The number of carbonyl (C=O) groups excluding carboxylic acids is 1. The van der Waals surface area contributed by atoms with Crippen LogP contribution in [0.25, 0.3) is 0 Å². The van der Waals surface area contributed by atoms with E-state index in [0.717, 1.165) is 6.54 Å². The number of likely N-dealkylation sites (N-methyl/N-ethyl adjacent to an activating group) is 2. The molecule has 0 spiro atoms. The molecule has 0 aromatic carbocycles. The minimum absolute atomic E-state index is 0.0979. The quantitative estimate of drug-likeness (QED) is 0.659. The number of piperidine rings is 1. The number of nitrogens with zero attached hydrogens (tertiary/aromatic N) is 1. The van der Waals surface area contributed by atoms with Crippen molar-refractivity contribution in [3.8, 4) is 0 Å². The van der Waals surface area contributed by atoms with Crippen LogP contribution in [0, 0.1) is 0 Å². The van der Waals surface area contributed by atoms with Crippen molar-refractivity contribution in [3.05, 3.63) is 0 Å². The highest BCUT2D eigenvalue weighted by Gasteiger charge is 2.16. The molecule has 0 aliphatic carbocycles. The molecule has 0 aromatic heterocycles. The minimum atomic E-state index is 0.0979. The van der Waals surface area contributed by atoms with Crippen molar-refractivity contribution in [3.63, 3.8) is 0 Å². The van der Waals surface area contributed by atoms with Crippen molar-refractivity contribution in [1.29, 1.82) is 0 Å². The van der Waals surface area contributed by atoms with Gasteiger partial charge in [-0.2, -0.15) is 0 Å². The summed E-state index contributed by atoms with van der Waals surface area (Å²) in [4.78, 5) is 13.5. The Bertz CT molecular complexity index is 184. The maximum absolute atomic E-state index is 11.2. The largest absolute Gasteiger partial charge is 0.355 e. The first-order chi connectivity index (χ1) is 6.72. The third-order valence-corrected chi connectivity index (χ3v) is 2.55. The number of hydrogen-bond donors (Lipinski definition) is 2. The zero-order valence-corrected chi connectivity index (χ0v) is 9.18. The topological polar surface area (TPSA) is 44.4 Å². The van der Waals surface area contributed by atoms with Crippen molar-refractivity contribution in [1.82, 2.24) is 15.5 Å². The lowest BCUT2D eigenvalue weighted by Gasteiger charge is -2.30. The van der Waals surface area contributed by atoms with Crippen LogP contribution < -0.4 is 10.6 Å². The molecule has 2 N–H and O–H groups in total. The fourth-order valence-corrected chi connectivity index (χ4v) is 1.83. The van der Waals surface area contributed by atoms with E-state index in [2.05, 4.69) is 22.6 Å². The van der Waals surface area contributed by atoms with Gasteiger partial charge in [-0.05, 0) is 33.4 Å². The van der Waals surface area contributed by atoms with E-state index < -0.39 is 0 Å². The molecule has 82 valence electrons. The van der Waals surface area contributed by atoms with E-state index in [1.807, 2.05) is 6.92 Å². The van der Waals surface area contributed by atoms with E-state index >= 15 is 0 Å². The smallest absolute Gasteiger partial charge is 0.233 e. The molecule has 0 radical (unpaired) electrons. The number of nitrogens with one attached hydrogen (secondary N) is 2. The van der Waals surface area contributed by atoms with Gasteiger partial charge in [0, 0.05) is 19.1 Å². The van der Waals surface area contributed by atoms with Crippen molar-refractivity contribution < 1.29 is 4.79 Å². The molecule has 4 nitrogen and oxygen atoms in total. The number of carbonyl (C=O) groups is 1. The molecule has 1 heterocycles. The Labute approximate surface area is 86.0 Å². The van der Waals surface area contributed by atoms with E-state index in [9.17, 15) is 4.79 Å². The van der Waals surface area contributed by atoms with Gasteiger partial charge < -0.3 is 15.5 Å². The molecule has 1 aliphatic heterocycles. The second-order valence-electron chi connectivity index (χ2n) is 3.94. The fraction of sp³-hybridized carbons (Fsp3) is 0.900. The van der Waals surface area contributed by atoms with Gasteiger partial charge in [0.15, 0.2) is 0 Å². The van der Waals surface area contributed by atoms with Crippen molar-refractivity contribution in [2.75, 3.05) is 33.2 Å². The number of rotatable bonds is 4. The Balaban J connectivity index is 2.14. The predicted octanol–water partition coefficient (Wildman–Crippen LogP) is -0.194. The predicted molar refractivity (Wildman–Crippen MR) is 57.2 cm³/mol. The van der Waals surface area contributed by atoms with E-state index in [1.165, 1.54) is 19.4 Å². The van der Waals surface area contributed by atoms with Crippen LogP contribution in [0.1, 0.15) is 19.8 Å². The van der Waals surface area contributed by atoms with Gasteiger partial charge >= 0.3 is 0 Å². The lowest BCUT2D eigenvalue weighted by Crippen LogP contribution is -2.47. The average Bonchev–Trinajstić information content (AvgIpc) is 2.15. The molecule has 1 atom stereocenters. The van der Waals surface area contributed by atoms with Crippen LogP contribution in [0.3, 0.4) is 0 Å². The summed E-state index contributed by atoms with van der Waals surface area (Å²) in [6, 6.07) is 0.483. The SMILES string of the molecule is CCNC(=O)CNC1CCCN(C)C1. The van der Waals surface area contributed by atoms with Gasteiger partial charge in [0.05, 0.1) is 6.54 Å². The van der Waals surface area contributed by atoms with Crippen molar-refractivity contribution in [2.24, 2.45) is 0 Å².